The topological polar surface area (TPSA) is 44.9 Å². The van der Waals surface area contributed by atoms with E-state index in [1.165, 1.54) is 12.1 Å². The van der Waals surface area contributed by atoms with E-state index < -0.39 is 0 Å². The Morgan fingerprint density at radius 1 is 1.05 bits per heavy atom. The molecule has 2 N–H and O–H groups in total. The highest BCUT2D eigenvalue weighted by molar-refractivity contribution is 5.83. The van der Waals surface area contributed by atoms with Gasteiger partial charge in [-0.15, -0.1) is 0 Å². The van der Waals surface area contributed by atoms with Crippen LogP contribution in [0.25, 0.3) is 10.9 Å². The number of aromatic amines is 1. The van der Waals surface area contributed by atoms with Gasteiger partial charge in [-0.3, -0.25) is 4.79 Å². The third kappa shape index (κ3) is 3.28. The van der Waals surface area contributed by atoms with Crippen LogP contribution in [0.4, 0.5) is 4.39 Å². The summed E-state index contributed by atoms with van der Waals surface area (Å²) in [6, 6.07) is 14.0. The van der Waals surface area contributed by atoms with E-state index in [1.54, 1.807) is 12.1 Å². The summed E-state index contributed by atoms with van der Waals surface area (Å²) in [7, 11) is 0. The second kappa shape index (κ2) is 5.79. The van der Waals surface area contributed by atoms with E-state index in [9.17, 15) is 9.18 Å². The zero-order valence-electron chi connectivity index (χ0n) is 11.4. The molecule has 4 heteroatoms. The van der Waals surface area contributed by atoms with Gasteiger partial charge in [-0.2, -0.15) is 0 Å². The Morgan fingerprint density at radius 2 is 1.81 bits per heavy atom. The Balaban J connectivity index is 1.59. The van der Waals surface area contributed by atoms with Gasteiger partial charge in [0.15, 0.2) is 0 Å². The molecular formula is C17H15FN2O. The van der Waals surface area contributed by atoms with Crippen LogP contribution in [0.1, 0.15) is 11.1 Å². The number of fused-ring (bicyclic) bond motifs is 1. The van der Waals surface area contributed by atoms with Crippen molar-refractivity contribution in [2.75, 3.05) is 0 Å². The summed E-state index contributed by atoms with van der Waals surface area (Å²) < 4.78 is 12.8. The lowest BCUT2D eigenvalue weighted by molar-refractivity contribution is -0.120. The number of H-pyrrole nitrogens is 1. The molecule has 0 atom stereocenters. The van der Waals surface area contributed by atoms with Crippen LogP contribution >= 0.6 is 0 Å². The summed E-state index contributed by atoms with van der Waals surface area (Å²) in [5.74, 6) is -0.324. The van der Waals surface area contributed by atoms with E-state index in [2.05, 4.69) is 10.3 Å². The van der Waals surface area contributed by atoms with Gasteiger partial charge in [0.1, 0.15) is 5.82 Å². The fraction of sp³-hybridized carbons (Fsp3) is 0.118. The molecule has 0 bridgehead atoms. The number of halogens is 1. The van der Waals surface area contributed by atoms with Crippen LogP contribution in [-0.4, -0.2) is 10.9 Å². The molecule has 0 saturated heterocycles. The molecule has 0 aliphatic rings. The van der Waals surface area contributed by atoms with Crippen LogP contribution in [-0.2, 0) is 17.8 Å². The number of aromatic nitrogens is 1. The fourth-order valence-corrected chi connectivity index (χ4v) is 2.26. The van der Waals surface area contributed by atoms with E-state index in [4.69, 9.17) is 0 Å². The molecule has 0 fully saturated rings. The Morgan fingerprint density at radius 3 is 2.62 bits per heavy atom. The summed E-state index contributed by atoms with van der Waals surface area (Å²) >= 11 is 0. The minimum atomic E-state index is -0.274. The maximum atomic E-state index is 12.8. The summed E-state index contributed by atoms with van der Waals surface area (Å²) in [6.07, 6.45) is 2.21. The predicted molar refractivity (Wildman–Crippen MR) is 80.2 cm³/mol. The number of benzene rings is 2. The van der Waals surface area contributed by atoms with E-state index in [1.807, 2.05) is 30.5 Å². The third-order valence-electron chi connectivity index (χ3n) is 3.39. The molecule has 0 aliphatic heterocycles. The molecule has 1 aromatic heterocycles. The molecule has 0 saturated carbocycles. The van der Waals surface area contributed by atoms with Gasteiger partial charge in [0.25, 0.3) is 0 Å². The van der Waals surface area contributed by atoms with Crippen LogP contribution in [0.3, 0.4) is 0 Å². The van der Waals surface area contributed by atoms with Crippen LogP contribution in [0, 0.1) is 5.82 Å². The van der Waals surface area contributed by atoms with Crippen molar-refractivity contribution in [2.45, 2.75) is 13.0 Å². The average Bonchev–Trinajstić information content (AvgIpc) is 2.94. The van der Waals surface area contributed by atoms with Crippen LogP contribution < -0.4 is 5.32 Å². The molecule has 0 unspecified atom stereocenters. The number of carbonyl (C=O) groups excluding carboxylic acids is 1. The molecule has 0 radical (unpaired) electrons. The SMILES string of the molecule is O=C(Cc1ccc2cc[nH]c2c1)NCc1ccc(F)cc1. The molecular weight excluding hydrogens is 267 g/mol. The standard InChI is InChI=1S/C17H15FN2O/c18-15-5-2-12(3-6-15)11-20-17(21)10-13-1-4-14-7-8-19-16(14)9-13/h1-9,19H,10-11H2,(H,20,21). The molecule has 0 spiro atoms. The minimum Gasteiger partial charge on any atom is -0.361 e. The smallest absolute Gasteiger partial charge is 0.224 e. The Bertz CT molecular complexity index is 762. The summed E-state index contributed by atoms with van der Waals surface area (Å²) in [5.41, 5.74) is 2.87. The van der Waals surface area contributed by atoms with Crippen molar-refractivity contribution >= 4 is 16.8 Å². The highest BCUT2D eigenvalue weighted by Gasteiger charge is 2.05. The van der Waals surface area contributed by atoms with Gasteiger partial charge in [0.05, 0.1) is 6.42 Å². The molecule has 0 aliphatic carbocycles. The molecule has 3 rings (SSSR count). The number of rotatable bonds is 4. The van der Waals surface area contributed by atoms with Crippen LogP contribution in [0.2, 0.25) is 0 Å². The van der Waals surface area contributed by atoms with Crippen LogP contribution in [0.5, 0.6) is 0 Å². The first-order valence-electron chi connectivity index (χ1n) is 6.78. The summed E-state index contributed by atoms with van der Waals surface area (Å²) in [6.45, 7) is 0.407. The summed E-state index contributed by atoms with van der Waals surface area (Å²) in [4.78, 5) is 15.1. The van der Waals surface area contributed by atoms with Gasteiger partial charge in [-0.25, -0.2) is 4.39 Å². The van der Waals surface area contributed by atoms with Gasteiger partial charge in [0.2, 0.25) is 5.91 Å². The number of hydrogen-bond donors (Lipinski definition) is 2. The maximum Gasteiger partial charge on any atom is 0.224 e. The fourth-order valence-electron chi connectivity index (χ4n) is 2.26. The van der Waals surface area contributed by atoms with Gasteiger partial charge >= 0.3 is 0 Å². The highest BCUT2D eigenvalue weighted by Crippen LogP contribution is 2.14. The first-order valence-corrected chi connectivity index (χ1v) is 6.78. The number of carbonyl (C=O) groups is 1. The first kappa shape index (κ1) is 13.4. The van der Waals surface area contributed by atoms with Crippen molar-refractivity contribution in [1.82, 2.24) is 10.3 Å². The zero-order chi connectivity index (χ0) is 14.7. The van der Waals surface area contributed by atoms with E-state index >= 15 is 0 Å². The lowest BCUT2D eigenvalue weighted by Crippen LogP contribution is -2.24. The lowest BCUT2D eigenvalue weighted by Gasteiger charge is -2.06. The second-order valence-electron chi connectivity index (χ2n) is 4.98. The largest absolute Gasteiger partial charge is 0.361 e. The van der Waals surface area contributed by atoms with Crippen molar-refractivity contribution in [3.05, 3.63) is 71.7 Å². The highest BCUT2D eigenvalue weighted by atomic mass is 19.1. The molecule has 3 aromatic rings. The quantitative estimate of drug-likeness (QED) is 0.758. The van der Waals surface area contributed by atoms with E-state index in [-0.39, 0.29) is 11.7 Å². The number of amides is 1. The molecule has 21 heavy (non-hydrogen) atoms. The van der Waals surface area contributed by atoms with Gasteiger partial charge in [-0.1, -0.05) is 24.3 Å². The second-order valence-corrected chi connectivity index (χ2v) is 4.98. The number of nitrogens with one attached hydrogen (secondary N) is 2. The van der Waals surface area contributed by atoms with Gasteiger partial charge < -0.3 is 10.3 Å². The monoisotopic (exact) mass is 282 g/mol. The zero-order valence-corrected chi connectivity index (χ0v) is 11.4. The molecule has 106 valence electrons. The maximum absolute atomic E-state index is 12.8. The van der Waals surface area contributed by atoms with Gasteiger partial charge in [-0.05, 0) is 40.8 Å². The van der Waals surface area contributed by atoms with Crippen molar-refractivity contribution < 1.29 is 9.18 Å². The molecule has 3 nitrogen and oxygen atoms in total. The third-order valence-corrected chi connectivity index (χ3v) is 3.39. The Labute approximate surface area is 121 Å². The van der Waals surface area contributed by atoms with Crippen LogP contribution in [0.15, 0.2) is 54.7 Å². The number of hydrogen-bond acceptors (Lipinski definition) is 1. The normalized spacial score (nSPS) is 10.7. The van der Waals surface area contributed by atoms with Crippen molar-refractivity contribution in [3.63, 3.8) is 0 Å². The summed E-state index contributed by atoms with van der Waals surface area (Å²) in [5, 5.41) is 3.97. The molecule has 1 amide bonds. The average molecular weight is 282 g/mol. The van der Waals surface area contributed by atoms with E-state index in [0.717, 1.165) is 22.0 Å². The molecule has 2 aromatic carbocycles. The minimum absolute atomic E-state index is 0.0507. The van der Waals surface area contributed by atoms with Crippen molar-refractivity contribution in [2.24, 2.45) is 0 Å². The lowest BCUT2D eigenvalue weighted by atomic mass is 10.1. The molecule has 1 heterocycles. The Kier molecular flexibility index (Phi) is 3.69. The van der Waals surface area contributed by atoms with E-state index in [0.29, 0.717) is 13.0 Å². The van der Waals surface area contributed by atoms with Crippen molar-refractivity contribution in [1.29, 1.82) is 0 Å². The van der Waals surface area contributed by atoms with Gasteiger partial charge in [0, 0.05) is 18.3 Å². The van der Waals surface area contributed by atoms with Crippen molar-refractivity contribution in [3.8, 4) is 0 Å². The predicted octanol–water partition coefficient (Wildman–Crippen LogP) is 3.17. The Hall–Kier alpha value is -2.62. The first-order chi connectivity index (χ1) is 10.2.